The van der Waals surface area contributed by atoms with Gasteiger partial charge in [0.1, 0.15) is 5.75 Å². The maximum Gasteiger partial charge on any atom is 0.253 e. The summed E-state index contributed by atoms with van der Waals surface area (Å²) in [5.41, 5.74) is 6.81. The van der Waals surface area contributed by atoms with Crippen LogP contribution in [0.2, 0.25) is 0 Å². The first-order valence-corrected chi connectivity index (χ1v) is 7.01. The van der Waals surface area contributed by atoms with Crippen LogP contribution in [0.4, 0.5) is 5.69 Å². The maximum atomic E-state index is 12.5. The van der Waals surface area contributed by atoms with Crippen molar-refractivity contribution in [3.8, 4) is 5.75 Å². The van der Waals surface area contributed by atoms with Gasteiger partial charge < -0.3 is 20.7 Å². The van der Waals surface area contributed by atoms with Crippen molar-refractivity contribution in [2.75, 3.05) is 33.0 Å². The number of hydrogen-bond acceptors (Lipinski definition) is 4. The minimum Gasteiger partial charge on any atom is -0.495 e. The monoisotopic (exact) mass is 291 g/mol. The van der Waals surface area contributed by atoms with Gasteiger partial charge in [0.05, 0.1) is 12.8 Å². The lowest BCUT2D eigenvalue weighted by atomic mass is 9.95. The normalized spacial score (nSPS) is 15.6. The molecule has 1 aliphatic rings. The minimum atomic E-state index is -0.0522. The molecule has 0 atom stereocenters. The molecule has 6 heteroatoms. The lowest BCUT2D eigenvalue weighted by Gasteiger charge is -2.31. The van der Waals surface area contributed by atoms with Crippen molar-refractivity contribution >= 4 is 17.5 Å². The third-order valence-corrected chi connectivity index (χ3v) is 3.88. The number of carbonyl (C=O) groups excluding carboxylic acids is 2. The van der Waals surface area contributed by atoms with Crippen molar-refractivity contribution in [3.63, 3.8) is 0 Å². The lowest BCUT2D eigenvalue weighted by Crippen LogP contribution is -2.42. The zero-order valence-corrected chi connectivity index (χ0v) is 12.4. The number of benzene rings is 1. The van der Waals surface area contributed by atoms with Gasteiger partial charge in [-0.05, 0) is 31.0 Å². The molecule has 21 heavy (non-hydrogen) atoms. The van der Waals surface area contributed by atoms with E-state index in [0.29, 0.717) is 42.9 Å². The van der Waals surface area contributed by atoms with E-state index in [0.717, 1.165) is 0 Å². The number of nitrogens with two attached hydrogens (primary N) is 1. The highest BCUT2D eigenvalue weighted by Gasteiger charge is 2.27. The molecule has 0 saturated carbocycles. The lowest BCUT2D eigenvalue weighted by molar-refractivity contribution is -0.125. The zero-order chi connectivity index (χ0) is 15.4. The van der Waals surface area contributed by atoms with E-state index in [2.05, 4.69) is 5.32 Å². The van der Waals surface area contributed by atoms with E-state index >= 15 is 0 Å². The van der Waals surface area contributed by atoms with Crippen molar-refractivity contribution in [1.82, 2.24) is 10.2 Å². The second-order valence-electron chi connectivity index (χ2n) is 5.14. The number of likely N-dealkylation sites (tertiary alicyclic amines) is 1. The third kappa shape index (κ3) is 3.26. The summed E-state index contributed by atoms with van der Waals surface area (Å²) in [7, 11) is 3.16. The van der Waals surface area contributed by atoms with E-state index in [1.54, 1.807) is 30.1 Å². The summed E-state index contributed by atoms with van der Waals surface area (Å²) in [6.07, 6.45) is 1.38. The Morgan fingerprint density at radius 2 is 2.00 bits per heavy atom. The summed E-state index contributed by atoms with van der Waals surface area (Å²) in [6, 6.07) is 5.02. The molecule has 1 saturated heterocycles. The van der Waals surface area contributed by atoms with Crippen LogP contribution in [0, 0.1) is 5.92 Å². The van der Waals surface area contributed by atoms with Crippen molar-refractivity contribution in [1.29, 1.82) is 0 Å². The Kier molecular flexibility index (Phi) is 4.67. The Balaban J connectivity index is 2.03. The van der Waals surface area contributed by atoms with E-state index in [1.807, 2.05) is 0 Å². The van der Waals surface area contributed by atoms with Crippen LogP contribution in [-0.2, 0) is 4.79 Å². The molecule has 1 aromatic carbocycles. The first kappa shape index (κ1) is 15.2. The Morgan fingerprint density at radius 3 is 2.57 bits per heavy atom. The Labute approximate surface area is 124 Å². The van der Waals surface area contributed by atoms with Crippen molar-refractivity contribution < 1.29 is 14.3 Å². The number of carbonyl (C=O) groups is 2. The fourth-order valence-corrected chi connectivity index (χ4v) is 2.58. The van der Waals surface area contributed by atoms with Crippen molar-refractivity contribution in [3.05, 3.63) is 23.8 Å². The molecule has 1 fully saturated rings. The topological polar surface area (TPSA) is 84.7 Å². The number of methoxy groups -OCH3 is 1. The molecule has 1 aromatic rings. The van der Waals surface area contributed by atoms with Crippen molar-refractivity contribution in [2.24, 2.45) is 5.92 Å². The molecule has 3 N–H and O–H groups in total. The number of hydrogen-bond donors (Lipinski definition) is 2. The molecule has 114 valence electrons. The Hall–Kier alpha value is -2.24. The van der Waals surface area contributed by atoms with Gasteiger partial charge in [0, 0.05) is 31.6 Å². The molecule has 0 bridgehead atoms. The standard InChI is InChI=1S/C15H21N3O3/c1-17-14(19)10-5-7-18(8-6-10)15(20)11-3-4-12(16)13(9-11)21-2/h3-4,9-10H,5-8,16H2,1-2H3,(H,17,19). The van der Waals surface area contributed by atoms with Crippen LogP contribution in [0.1, 0.15) is 23.2 Å². The number of nitrogens with zero attached hydrogens (tertiary/aromatic N) is 1. The van der Waals surface area contributed by atoms with Gasteiger partial charge in [0.25, 0.3) is 5.91 Å². The SMILES string of the molecule is CNC(=O)C1CCN(C(=O)c2ccc(N)c(OC)c2)CC1. The third-order valence-electron chi connectivity index (χ3n) is 3.88. The first-order valence-electron chi connectivity index (χ1n) is 7.01. The maximum absolute atomic E-state index is 12.5. The predicted octanol–water partition coefficient (Wildman–Crippen LogP) is 0.876. The summed E-state index contributed by atoms with van der Waals surface area (Å²) >= 11 is 0. The smallest absolute Gasteiger partial charge is 0.253 e. The van der Waals surface area contributed by atoms with Crippen LogP contribution in [0.3, 0.4) is 0 Å². The number of ether oxygens (including phenoxy) is 1. The van der Waals surface area contributed by atoms with Gasteiger partial charge in [-0.1, -0.05) is 0 Å². The number of piperidine rings is 1. The van der Waals surface area contributed by atoms with E-state index in [4.69, 9.17) is 10.5 Å². The molecule has 2 rings (SSSR count). The van der Waals surface area contributed by atoms with Gasteiger partial charge in [-0.25, -0.2) is 0 Å². The average Bonchev–Trinajstić information content (AvgIpc) is 2.54. The first-order chi connectivity index (χ1) is 10.1. The minimum absolute atomic E-state index is 0.00000362. The number of amides is 2. The molecule has 0 aromatic heterocycles. The molecule has 0 unspecified atom stereocenters. The largest absolute Gasteiger partial charge is 0.495 e. The summed E-state index contributed by atoms with van der Waals surface area (Å²) in [4.78, 5) is 25.8. The zero-order valence-electron chi connectivity index (χ0n) is 12.4. The molecule has 2 amide bonds. The molecule has 0 aliphatic carbocycles. The number of nitrogen functional groups attached to an aromatic ring is 1. The molecule has 0 spiro atoms. The van der Waals surface area contributed by atoms with Crippen LogP contribution < -0.4 is 15.8 Å². The highest BCUT2D eigenvalue weighted by Crippen LogP contribution is 2.24. The summed E-state index contributed by atoms with van der Waals surface area (Å²) in [5, 5.41) is 2.66. The predicted molar refractivity (Wildman–Crippen MR) is 80.1 cm³/mol. The van der Waals surface area contributed by atoms with E-state index in [9.17, 15) is 9.59 Å². The van der Waals surface area contributed by atoms with Crippen molar-refractivity contribution in [2.45, 2.75) is 12.8 Å². The second kappa shape index (κ2) is 6.47. The number of anilines is 1. The number of nitrogens with one attached hydrogen (secondary N) is 1. The molecule has 0 radical (unpaired) electrons. The summed E-state index contributed by atoms with van der Waals surface area (Å²) < 4.78 is 5.14. The fraction of sp³-hybridized carbons (Fsp3) is 0.467. The van der Waals surface area contributed by atoms with E-state index < -0.39 is 0 Å². The molecule has 1 heterocycles. The van der Waals surface area contributed by atoms with Crippen LogP contribution >= 0.6 is 0 Å². The highest BCUT2D eigenvalue weighted by molar-refractivity contribution is 5.95. The van der Waals surface area contributed by atoms with Gasteiger partial charge >= 0.3 is 0 Å². The van der Waals surface area contributed by atoms with Crippen LogP contribution in [-0.4, -0.2) is 44.0 Å². The van der Waals surface area contributed by atoms with Gasteiger partial charge in [-0.3, -0.25) is 9.59 Å². The highest BCUT2D eigenvalue weighted by atomic mass is 16.5. The van der Waals surface area contributed by atoms with Gasteiger partial charge in [-0.2, -0.15) is 0 Å². The molecule has 6 nitrogen and oxygen atoms in total. The van der Waals surface area contributed by atoms with Gasteiger partial charge in [-0.15, -0.1) is 0 Å². The van der Waals surface area contributed by atoms with E-state index in [1.165, 1.54) is 7.11 Å². The van der Waals surface area contributed by atoms with Crippen LogP contribution in [0.5, 0.6) is 5.75 Å². The molecular weight excluding hydrogens is 270 g/mol. The van der Waals surface area contributed by atoms with Crippen LogP contribution in [0.15, 0.2) is 18.2 Å². The molecule has 1 aliphatic heterocycles. The van der Waals surface area contributed by atoms with Gasteiger partial charge in [0.2, 0.25) is 5.91 Å². The van der Waals surface area contributed by atoms with Crippen LogP contribution in [0.25, 0.3) is 0 Å². The van der Waals surface area contributed by atoms with E-state index in [-0.39, 0.29) is 17.7 Å². The quantitative estimate of drug-likeness (QED) is 0.810. The summed E-state index contributed by atoms with van der Waals surface area (Å²) in [6.45, 7) is 1.17. The Bertz CT molecular complexity index is 537. The number of rotatable bonds is 3. The summed E-state index contributed by atoms with van der Waals surface area (Å²) in [5.74, 6) is 0.501. The Morgan fingerprint density at radius 1 is 1.33 bits per heavy atom. The average molecular weight is 291 g/mol. The van der Waals surface area contributed by atoms with Gasteiger partial charge in [0.15, 0.2) is 0 Å². The molecular formula is C15H21N3O3. The fourth-order valence-electron chi connectivity index (χ4n) is 2.58. The second-order valence-corrected chi connectivity index (χ2v) is 5.14.